The lowest BCUT2D eigenvalue weighted by atomic mass is 10.2. The molecule has 0 saturated carbocycles. The average molecular weight is 256 g/mol. The van der Waals surface area contributed by atoms with E-state index >= 15 is 0 Å². The Morgan fingerprint density at radius 3 is 2.18 bits per heavy atom. The Kier molecular flexibility index (Phi) is 4.54. The molecule has 5 heteroatoms. The highest BCUT2D eigenvalue weighted by Gasteiger charge is 2.07. The molecule has 0 bridgehead atoms. The predicted octanol–water partition coefficient (Wildman–Crippen LogP) is 1.45. The second kappa shape index (κ2) is 5.51. The molecule has 1 atom stereocenters. The van der Waals surface area contributed by atoms with E-state index in [9.17, 15) is 8.42 Å². The monoisotopic (exact) mass is 256 g/mol. The average Bonchev–Trinajstić information content (AvgIpc) is 2.15. The molecular weight excluding hydrogens is 236 g/mol. The Bertz CT molecular complexity index is 452. The highest BCUT2D eigenvalue weighted by molar-refractivity contribution is 7.90. The van der Waals surface area contributed by atoms with Crippen LogP contribution in [0.25, 0.3) is 0 Å². The molecular formula is C12H20N2O2S. The van der Waals surface area contributed by atoms with E-state index in [2.05, 4.69) is 17.1 Å². The molecule has 0 aliphatic carbocycles. The summed E-state index contributed by atoms with van der Waals surface area (Å²) < 4.78 is 22.6. The largest absolute Gasteiger partial charge is 0.381 e. The molecule has 4 nitrogen and oxygen atoms in total. The molecule has 17 heavy (non-hydrogen) atoms. The summed E-state index contributed by atoms with van der Waals surface area (Å²) in [6.45, 7) is 3.01. The van der Waals surface area contributed by atoms with Crippen molar-refractivity contribution < 1.29 is 8.42 Å². The fraction of sp³-hybridized carbons (Fsp3) is 0.500. The first-order valence-electron chi connectivity index (χ1n) is 5.50. The van der Waals surface area contributed by atoms with Crippen molar-refractivity contribution in [2.24, 2.45) is 0 Å². The van der Waals surface area contributed by atoms with Gasteiger partial charge in [0.2, 0.25) is 0 Å². The number of rotatable bonds is 5. The van der Waals surface area contributed by atoms with Gasteiger partial charge in [0.1, 0.15) is 0 Å². The van der Waals surface area contributed by atoms with Crippen molar-refractivity contribution in [3.63, 3.8) is 0 Å². The maximum Gasteiger partial charge on any atom is 0.175 e. The second-order valence-corrected chi connectivity index (χ2v) is 6.62. The minimum absolute atomic E-state index is 0.314. The van der Waals surface area contributed by atoms with Gasteiger partial charge in [-0.05, 0) is 45.3 Å². The van der Waals surface area contributed by atoms with Crippen molar-refractivity contribution >= 4 is 15.5 Å². The number of hydrogen-bond donors (Lipinski definition) is 1. The summed E-state index contributed by atoms with van der Waals surface area (Å²) in [6, 6.07) is 7.15. The van der Waals surface area contributed by atoms with Gasteiger partial charge in [0.25, 0.3) is 0 Å². The Morgan fingerprint density at radius 2 is 1.76 bits per heavy atom. The first kappa shape index (κ1) is 14.0. The van der Waals surface area contributed by atoms with Gasteiger partial charge in [-0.1, -0.05) is 0 Å². The van der Waals surface area contributed by atoms with Crippen LogP contribution in [0, 0.1) is 0 Å². The molecule has 0 spiro atoms. The number of nitrogens with one attached hydrogen (secondary N) is 1. The van der Waals surface area contributed by atoms with E-state index in [1.54, 1.807) is 24.3 Å². The van der Waals surface area contributed by atoms with E-state index in [1.165, 1.54) is 6.26 Å². The topological polar surface area (TPSA) is 49.4 Å². The minimum atomic E-state index is -3.10. The van der Waals surface area contributed by atoms with Crippen LogP contribution in [-0.2, 0) is 9.84 Å². The molecule has 0 aliphatic rings. The smallest absolute Gasteiger partial charge is 0.175 e. The maximum absolute atomic E-state index is 11.3. The molecule has 0 fully saturated rings. The van der Waals surface area contributed by atoms with Crippen LogP contribution in [0.15, 0.2) is 29.2 Å². The Hall–Kier alpha value is -1.07. The van der Waals surface area contributed by atoms with Gasteiger partial charge in [0, 0.05) is 24.5 Å². The van der Waals surface area contributed by atoms with Gasteiger partial charge in [-0.15, -0.1) is 0 Å². The molecule has 0 amide bonds. The summed E-state index contributed by atoms with van der Waals surface area (Å²) in [4.78, 5) is 2.45. The van der Waals surface area contributed by atoms with Crippen molar-refractivity contribution in [2.45, 2.75) is 17.9 Å². The van der Waals surface area contributed by atoms with Crippen LogP contribution in [-0.4, -0.2) is 46.3 Å². The molecule has 1 unspecified atom stereocenters. The molecule has 0 saturated heterocycles. The van der Waals surface area contributed by atoms with Crippen LogP contribution in [0.2, 0.25) is 0 Å². The number of benzene rings is 1. The van der Waals surface area contributed by atoms with Crippen molar-refractivity contribution in [3.05, 3.63) is 24.3 Å². The lowest BCUT2D eigenvalue weighted by Crippen LogP contribution is -2.29. The van der Waals surface area contributed by atoms with Gasteiger partial charge >= 0.3 is 0 Å². The molecule has 1 aromatic rings. The molecule has 0 radical (unpaired) electrons. The lowest BCUT2D eigenvalue weighted by molar-refractivity contribution is 0.392. The zero-order chi connectivity index (χ0) is 13.1. The van der Waals surface area contributed by atoms with Crippen molar-refractivity contribution in [1.29, 1.82) is 0 Å². The van der Waals surface area contributed by atoms with Gasteiger partial charge in [-0.25, -0.2) is 8.42 Å². The van der Waals surface area contributed by atoms with E-state index in [1.807, 2.05) is 14.1 Å². The molecule has 96 valence electrons. The first-order valence-corrected chi connectivity index (χ1v) is 7.39. The number of nitrogens with zero attached hydrogens (tertiary/aromatic N) is 1. The number of anilines is 1. The standard InChI is InChI=1S/C12H20N2O2S/c1-10(9-14(2)3)13-11-5-7-12(8-6-11)17(4,15)16/h5-8,10,13H,9H2,1-4H3. The van der Waals surface area contributed by atoms with Gasteiger partial charge in [0.15, 0.2) is 9.84 Å². The quantitative estimate of drug-likeness (QED) is 0.866. The highest BCUT2D eigenvalue weighted by atomic mass is 32.2. The van der Waals surface area contributed by atoms with Gasteiger partial charge in [-0.2, -0.15) is 0 Å². The summed E-state index contributed by atoms with van der Waals surface area (Å²) in [5.74, 6) is 0. The number of sulfone groups is 1. The molecule has 0 heterocycles. The molecule has 1 aromatic carbocycles. The first-order chi connectivity index (χ1) is 7.79. The van der Waals surface area contributed by atoms with Gasteiger partial charge in [-0.3, -0.25) is 0 Å². The summed E-state index contributed by atoms with van der Waals surface area (Å²) in [5, 5.41) is 3.32. The van der Waals surface area contributed by atoms with Crippen LogP contribution in [0.5, 0.6) is 0 Å². The zero-order valence-electron chi connectivity index (χ0n) is 10.8. The SMILES string of the molecule is CC(CN(C)C)Nc1ccc(S(C)(=O)=O)cc1. The van der Waals surface area contributed by atoms with E-state index in [4.69, 9.17) is 0 Å². The normalized spacial score (nSPS) is 13.7. The van der Waals surface area contributed by atoms with Crippen LogP contribution < -0.4 is 5.32 Å². The Labute approximate surface area is 104 Å². The van der Waals surface area contributed by atoms with E-state index in [-0.39, 0.29) is 0 Å². The van der Waals surface area contributed by atoms with Crippen molar-refractivity contribution in [1.82, 2.24) is 4.90 Å². The lowest BCUT2D eigenvalue weighted by Gasteiger charge is -2.19. The van der Waals surface area contributed by atoms with Crippen molar-refractivity contribution in [2.75, 3.05) is 32.2 Å². The highest BCUT2D eigenvalue weighted by Crippen LogP contribution is 2.14. The van der Waals surface area contributed by atoms with Crippen LogP contribution in [0.4, 0.5) is 5.69 Å². The number of hydrogen-bond acceptors (Lipinski definition) is 4. The van der Waals surface area contributed by atoms with Gasteiger partial charge < -0.3 is 10.2 Å². The van der Waals surface area contributed by atoms with E-state index in [0.29, 0.717) is 10.9 Å². The second-order valence-electron chi connectivity index (χ2n) is 4.60. The molecule has 0 aromatic heterocycles. The fourth-order valence-corrected chi connectivity index (χ4v) is 2.31. The summed E-state index contributed by atoms with van der Waals surface area (Å²) in [6.07, 6.45) is 1.21. The van der Waals surface area contributed by atoms with E-state index in [0.717, 1.165) is 12.2 Å². The van der Waals surface area contributed by atoms with Crippen molar-refractivity contribution in [3.8, 4) is 0 Å². The number of likely N-dealkylation sites (N-methyl/N-ethyl adjacent to an activating group) is 1. The third-order valence-corrected chi connectivity index (χ3v) is 3.46. The van der Waals surface area contributed by atoms with Crippen LogP contribution >= 0.6 is 0 Å². The Morgan fingerprint density at radius 1 is 1.24 bits per heavy atom. The van der Waals surface area contributed by atoms with Gasteiger partial charge in [0.05, 0.1) is 4.90 Å². The fourth-order valence-electron chi connectivity index (χ4n) is 1.68. The predicted molar refractivity (Wildman–Crippen MR) is 71.2 cm³/mol. The maximum atomic E-state index is 11.3. The summed E-state index contributed by atoms with van der Waals surface area (Å²) in [7, 11) is 0.935. The Balaban J connectivity index is 2.69. The minimum Gasteiger partial charge on any atom is -0.381 e. The third-order valence-electron chi connectivity index (χ3n) is 2.33. The van der Waals surface area contributed by atoms with E-state index < -0.39 is 9.84 Å². The molecule has 0 aliphatic heterocycles. The summed E-state index contributed by atoms with van der Waals surface area (Å²) in [5.41, 5.74) is 0.937. The summed E-state index contributed by atoms with van der Waals surface area (Å²) >= 11 is 0. The van der Waals surface area contributed by atoms with Crippen LogP contribution in [0.1, 0.15) is 6.92 Å². The molecule has 1 rings (SSSR count). The van der Waals surface area contributed by atoms with Crippen LogP contribution in [0.3, 0.4) is 0 Å². The zero-order valence-corrected chi connectivity index (χ0v) is 11.6. The molecule has 1 N–H and O–H groups in total. The third kappa shape index (κ3) is 4.75.